The Balaban J connectivity index is 1.87. The van der Waals surface area contributed by atoms with Gasteiger partial charge in [-0.25, -0.2) is 0 Å². The normalized spacial score (nSPS) is 11.5. The maximum Gasteiger partial charge on any atom is 0.0413 e. The SMILES string of the molecule is Clc1ccc2sc3cccc(-c4ccc5ccccc5c4)c3c2c1. The number of fused-ring (bicyclic) bond motifs is 4. The van der Waals surface area contributed by atoms with Crippen LogP contribution in [0.1, 0.15) is 0 Å². The largest absolute Gasteiger partial charge is 0.135 e. The molecule has 0 N–H and O–H groups in total. The predicted molar refractivity (Wildman–Crippen MR) is 107 cm³/mol. The van der Waals surface area contributed by atoms with Crippen LogP contribution in [0.5, 0.6) is 0 Å². The molecule has 1 heterocycles. The highest BCUT2D eigenvalue weighted by molar-refractivity contribution is 7.26. The maximum atomic E-state index is 6.26. The van der Waals surface area contributed by atoms with Crippen molar-refractivity contribution in [3.05, 3.63) is 83.9 Å². The summed E-state index contributed by atoms with van der Waals surface area (Å²) in [6.45, 7) is 0. The van der Waals surface area contributed by atoms with Crippen LogP contribution in [0.15, 0.2) is 78.9 Å². The molecule has 24 heavy (non-hydrogen) atoms. The van der Waals surface area contributed by atoms with Crippen LogP contribution in [0.3, 0.4) is 0 Å². The van der Waals surface area contributed by atoms with Gasteiger partial charge in [0.1, 0.15) is 0 Å². The molecule has 0 aliphatic carbocycles. The van der Waals surface area contributed by atoms with Crippen LogP contribution in [0.25, 0.3) is 42.1 Å². The lowest BCUT2D eigenvalue weighted by Gasteiger charge is -2.07. The third-order valence-corrected chi connectivity index (χ3v) is 5.89. The van der Waals surface area contributed by atoms with E-state index in [1.807, 2.05) is 17.4 Å². The fourth-order valence-corrected chi connectivity index (χ4v) is 4.68. The first kappa shape index (κ1) is 14.0. The highest BCUT2D eigenvalue weighted by atomic mass is 35.5. The lowest BCUT2D eigenvalue weighted by Crippen LogP contribution is -1.80. The van der Waals surface area contributed by atoms with Gasteiger partial charge in [-0.3, -0.25) is 0 Å². The van der Waals surface area contributed by atoms with Crippen LogP contribution in [0, 0.1) is 0 Å². The summed E-state index contributed by atoms with van der Waals surface area (Å²) in [5, 5.41) is 5.87. The van der Waals surface area contributed by atoms with E-state index in [4.69, 9.17) is 11.6 Å². The van der Waals surface area contributed by atoms with E-state index in [1.54, 1.807) is 0 Å². The van der Waals surface area contributed by atoms with Crippen molar-refractivity contribution < 1.29 is 0 Å². The Labute approximate surface area is 148 Å². The van der Waals surface area contributed by atoms with Gasteiger partial charge in [0, 0.05) is 25.2 Å². The van der Waals surface area contributed by atoms with E-state index in [2.05, 4.69) is 72.8 Å². The molecule has 0 saturated heterocycles. The summed E-state index contributed by atoms with van der Waals surface area (Å²) in [5.74, 6) is 0. The molecule has 4 aromatic carbocycles. The molecular formula is C22H13ClS. The van der Waals surface area contributed by atoms with Gasteiger partial charge in [0.25, 0.3) is 0 Å². The zero-order valence-electron chi connectivity index (χ0n) is 12.8. The average Bonchev–Trinajstić information content (AvgIpc) is 2.99. The van der Waals surface area contributed by atoms with Gasteiger partial charge in [-0.05, 0) is 52.2 Å². The van der Waals surface area contributed by atoms with Gasteiger partial charge in [-0.1, -0.05) is 60.1 Å². The summed E-state index contributed by atoms with van der Waals surface area (Å²) in [4.78, 5) is 0. The molecule has 0 aliphatic heterocycles. The second kappa shape index (κ2) is 5.34. The molecule has 0 radical (unpaired) electrons. The summed E-state index contributed by atoms with van der Waals surface area (Å²) < 4.78 is 2.58. The minimum absolute atomic E-state index is 0.788. The molecule has 0 unspecified atom stereocenters. The van der Waals surface area contributed by atoms with Gasteiger partial charge in [0.05, 0.1) is 0 Å². The van der Waals surface area contributed by atoms with Crippen molar-refractivity contribution in [1.29, 1.82) is 0 Å². The number of rotatable bonds is 1. The first-order valence-electron chi connectivity index (χ1n) is 7.89. The molecule has 0 amide bonds. The van der Waals surface area contributed by atoms with Gasteiger partial charge >= 0.3 is 0 Å². The lowest BCUT2D eigenvalue weighted by atomic mass is 9.97. The number of hydrogen-bond acceptors (Lipinski definition) is 1. The molecule has 2 heteroatoms. The quantitative estimate of drug-likeness (QED) is 0.295. The van der Waals surface area contributed by atoms with E-state index in [0.29, 0.717) is 0 Å². The van der Waals surface area contributed by atoms with Crippen LogP contribution >= 0.6 is 22.9 Å². The fraction of sp³-hybridized carbons (Fsp3) is 0. The molecule has 5 rings (SSSR count). The molecule has 0 spiro atoms. The Morgan fingerprint density at radius 3 is 2.46 bits per heavy atom. The van der Waals surface area contributed by atoms with Crippen LogP contribution in [-0.4, -0.2) is 0 Å². The Bertz CT molecular complexity index is 1220. The first-order chi connectivity index (χ1) is 11.8. The standard InChI is InChI=1S/C22H13ClS/c23-17-10-11-20-19(13-17)22-18(6-3-7-21(22)24-20)16-9-8-14-4-1-2-5-15(14)12-16/h1-13H. The van der Waals surface area contributed by atoms with Crippen molar-refractivity contribution in [2.75, 3.05) is 0 Å². The molecule has 1 aromatic heterocycles. The third-order valence-electron chi connectivity index (χ3n) is 4.52. The Hall–Kier alpha value is -2.35. The van der Waals surface area contributed by atoms with Gasteiger partial charge < -0.3 is 0 Å². The number of benzene rings is 4. The monoisotopic (exact) mass is 344 g/mol. The maximum absolute atomic E-state index is 6.26. The van der Waals surface area contributed by atoms with E-state index in [9.17, 15) is 0 Å². The molecule has 0 saturated carbocycles. The molecular weight excluding hydrogens is 332 g/mol. The predicted octanol–water partition coefficient (Wildman–Crippen LogP) is 7.53. The van der Waals surface area contributed by atoms with Gasteiger partial charge in [0.2, 0.25) is 0 Å². The van der Waals surface area contributed by atoms with Crippen LogP contribution < -0.4 is 0 Å². The summed E-state index contributed by atoms with van der Waals surface area (Å²) in [5.41, 5.74) is 2.52. The molecule has 5 aromatic rings. The molecule has 0 bridgehead atoms. The zero-order valence-corrected chi connectivity index (χ0v) is 14.4. The van der Waals surface area contributed by atoms with E-state index < -0.39 is 0 Å². The summed E-state index contributed by atoms with van der Waals surface area (Å²) in [6.07, 6.45) is 0. The molecule has 0 nitrogen and oxygen atoms in total. The lowest BCUT2D eigenvalue weighted by molar-refractivity contribution is 1.70. The summed E-state index contributed by atoms with van der Waals surface area (Å²) >= 11 is 8.08. The van der Waals surface area contributed by atoms with Gasteiger partial charge in [-0.15, -0.1) is 11.3 Å². The smallest absolute Gasteiger partial charge is 0.0413 e. The van der Waals surface area contributed by atoms with Gasteiger partial charge in [-0.2, -0.15) is 0 Å². The second-order valence-electron chi connectivity index (χ2n) is 5.98. The molecule has 114 valence electrons. The Kier molecular flexibility index (Phi) is 3.12. The van der Waals surface area contributed by atoms with E-state index in [0.717, 1.165) is 5.02 Å². The number of thiophene rings is 1. The van der Waals surface area contributed by atoms with Crippen molar-refractivity contribution in [3.63, 3.8) is 0 Å². The summed E-state index contributed by atoms with van der Waals surface area (Å²) in [6, 6.07) is 27.9. The van der Waals surface area contributed by atoms with E-state index >= 15 is 0 Å². The van der Waals surface area contributed by atoms with E-state index in [1.165, 1.54) is 42.1 Å². The summed E-state index contributed by atoms with van der Waals surface area (Å²) in [7, 11) is 0. The molecule has 0 fully saturated rings. The van der Waals surface area contributed by atoms with Crippen molar-refractivity contribution in [2.45, 2.75) is 0 Å². The van der Waals surface area contributed by atoms with Crippen molar-refractivity contribution in [3.8, 4) is 11.1 Å². The van der Waals surface area contributed by atoms with Crippen LogP contribution in [0.4, 0.5) is 0 Å². The second-order valence-corrected chi connectivity index (χ2v) is 7.50. The highest BCUT2D eigenvalue weighted by Gasteiger charge is 2.11. The number of halogens is 1. The van der Waals surface area contributed by atoms with Crippen LogP contribution in [0.2, 0.25) is 5.02 Å². The highest BCUT2D eigenvalue weighted by Crippen LogP contribution is 2.41. The van der Waals surface area contributed by atoms with Crippen molar-refractivity contribution >= 4 is 53.9 Å². The Morgan fingerprint density at radius 2 is 1.54 bits per heavy atom. The minimum atomic E-state index is 0.788. The van der Waals surface area contributed by atoms with Gasteiger partial charge in [0.15, 0.2) is 0 Å². The fourth-order valence-electron chi connectivity index (χ4n) is 3.40. The average molecular weight is 345 g/mol. The molecule has 0 atom stereocenters. The Morgan fingerprint density at radius 1 is 0.667 bits per heavy atom. The number of hydrogen-bond donors (Lipinski definition) is 0. The van der Waals surface area contributed by atoms with Crippen molar-refractivity contribution in [1.82, 2.24) is 0 Å². The first-order valence-corrected chi connectivity index (χ1v) is 9.09. The molecule has 0 aliphatic rings. The minimum Gasteiger partial charge on any atom is -0.135 e. The van der Waals surface area contributed by atoms with Crippen LogP contribution in [-0.2, 0) is 0 Å². The third kappa shape index (κ3) is 2.13. The zero-order chi connectivity index (χ0) is 16.1. The van der Waals surface area contributed by atoms with E-state index in [-0.39, 0.29) is 0 Å². The topological polar surface area (TPSA) is 0 Å². The van der Waals surface area contributed by atoms with Crippen molar-refractivity contribution in [2.24, 2.45) is 0 Å².